The molecule has 1 aliphatic rings. The second kappa shape index (κ2) is 8.58. The second-order valence-electron chi connectivity index (χ2n) is 7.90. The van der Waals surface area contributed by atoms with Crippen molar-refractivity contribution in [2.24, 2.45) is 5.92 Å². The van der Waals surface area contributed by atoms with E-state index in [2.05, 4.69) is 35.0 Å². The molecule has 4 rings (SSSR count). The largest absolute Gasteiger partial charge is 0.507 e. The lowest BCUT2D eigenvalue weighted by Crippen LogP contribution is -2.17. The minimum Gasteiger partial charge on any atom is -0.507 e. The number of hydrogen-bond acceptors (Lipinski definition) is 3. The van der Waals surface area contributed by atoms with Gasteiger partial charge >= 0.3 is 5.63 Å². The third-order valence-corrected chi connectivity index (χ3v) is 6.37. The lowest BCUT2D eigenvalue weighted by atomic mass is 9.87. The van der Waals surface area contributed by atoms with E-state index in [1.807, 2.05) is 42.5 Å². The topological polar surface area (TPSA) is 50.4 Å². The Balaban J connectivity index is 1.67. The standard InChI is InChI=1S/C25H25BrO3/c1-2-17(14-16-8-12-20(26)13-9-16)22-15-21(27)24(25(28)29-22)23(19-10-11-19)18-6-4-3-5-7-18/h3-9,12-13,15,17,19,23,27H,2,10-11,14H2,1H3. The first-order valence-corrected chi connectivity index (χ1v) is 11.0. The van der Waals surface area contributed by atoms with Crippen LogP contribution < -0.4 is 5.63 Å². The van der Waals surface area contributed by atoms with E-state index in [1.165, 1.54) is 5.56 Å². The predicted molar refractivity (Wildman–Crippen MR) is 119 cm³/mol. The van der Waals surface area contributed by atoms with E-state index >= 15 is 0 Å². The molecule has 2 atom stereocenters. The predicted octanol–water partition coefficient (Wildman–Crippen LogP) is 6.39. The van der Waals surface area contributed by atoms with Crippen LogP contribution in [0.25, 0.3) is 0 Å². The normalized spacial score (nSPS) is 15.8. The summed E-state index contributed by atoms with van der Waals surface area (Å²) in [6.45, 7) is 2.07. The quantitative estimate of drug-likeness (QED) is 0.451. The van der Waals surface area contributed by atoms with Crippen LogP contribution >= 0.6 is 15.9 Å². The van der Waals surface area contributed by atoms with Gasteiger partial charge in [0.05, 0.1) is 5.56 Å². The van der Waals surface area contributed by atoms with Crippen LogP contribution in [0.4, 0.5) is 0 Å². The van der Waals surface area contributed by atoms with E-state index in [-0.39, 0.29) is 17.6 Å². The van der Waals surface area contributed by atoms with Crippen molar-refractivity contribution < 1.29 is 9.52 Å². The molecule has 150 valence electrons. The van der Waals surface area contributed by atoms with Crippen molar-refractivity contribution in [1.29, 1.82) is 0 Å². The van der Waals surface area contributed by atoms with Crippen molar-refractivity contribution in [1.82, 2.24) is 0 Å². The zero-order chi connectivity index (χ0) is 20.4. The first kappa shape index (κ1) is 20.0. The van der Waals surface area contributed by atoms with Crippen molar-refractivity contribution >= 4 is 15.9 Å². The van der Waals surface area contributed by atoms with Gasteiger partial charge in [0.25, 0.3) is 0 Å². The molecule has 1 saturated carbocycles. The molecule has 1 fully saturated rings. The fraction of sp³-hybridized carbons (Fsp3) is 0.320. The third kappa shape index (κ3) is 4.48. The summed E-state index contributed by atoms with van der Waals surface area (Å²) in [6, 6.07) is 19.8. The lowest BCUT2D eigenvalue weighted by Gasteiger charge is -2.19. The molecular weight excluding hydrogens is 428 g/mol. The lowest BCUT2D eigenvalue weighted by molar-refractivity contribution is 0.379. The smallest absolute Gasteiger partial charge is 0.343 e. The van der Waals surface area contributed by atoms with Gasteiger partial charge in [-0.05, 0) is 54.9 Å². The van der Waals surface area contributed by atoms with Gasteiger partial charge in [0.1, 0.15) is 11.5 Å². The highest BCUT2D eigenvalue weighted by atomic mass is 79.9. The molecule has 29 heavy (non-hydrogen) atoms. The van der Waals surface area contributed by atoms with Crippen LogP contribution in [0.2, 0.25) is 0 Å². The minimum absolute atomic E-state index is 0.0416. The summed E-state index contributed by atoms with van der Waals surface area (Å²) in [7, 11) is 0. The Bertz CT molecular complexity index is 1020. The summed E-state index contributed by atoms with van der Waals surface area (Å²) in [5.74, 6) is 0.949. The van der Waals surface area contributed by atoms with E-state index < -0.39 is 5.63 Å². The molecule has 3 aromatic rings. The van der Waals surface area contributed by atoms with Crippen LogP contribution in [-0.2, 0) is 6.42 Å². The van der Waals surface area contributed by atoms with Gasteiger partial charge in [0.15, 0.2) is 0 Å². The molecule has 1 aliphatic carbocycles. The molecule has 1 aromatic heterocycles. The van der Waals surface area contributed by atoms with E-state index in [4.69, 9.17) is 4.42 Å². The van der Waals surface area contributed by atoms with Gasteiger partial charge in [-0.2, -0.15) is 0 Å². The minimum atomic E-state index is -0.407. The summed E-state index contributed by atoms with van der Waals surface area (Å²) >= 11 is 3.46. The molecule has 0 saturated heterocycles. The Kier molecular flexibility index (Phi) is 5.91. The molecule has 0 radical (unpaired) electrons. The Morgan fingerprint density at radius 2 is 1.79 bits per heavy atom. The maximum atomic E-state index is 13.0. The van der Waals surface area contributed by atoms with Crippen LogP contribution in [0.5, 0.6) is 5.75 Å². The molecule has 1 heterocycles. The molecule has 4 heteroatoms. The number of benzene rings is 2. The van der Waals surface area contributed by atoms with Crippen LogP contribution in [0.3, 0.4) is 0 Å². The molecular formula is C25H25BrO3. The van der Waals surface area contributed by atoms with E-state index in [9.17, 15) is 9.90 Å². The molecule has 0 bridgehead atoms. The van der Waals surface area contributed by atoms with E-state index in [1.54, 1.807) is 6.07 Å². The number of hydrogen-bond donors (Lipinski definition) is 1. The van der Waals surface area contributed by atoms with Crippen molar-refractivity contribution in [2.45, 2.75) is 44.4 Å². The molecule has 2 unspecified atom stereocenters. The van der Waals surface area contributed by atoms with Gasteiger partial charge in [0.2, 0.25) is 0 Å². The molecule has 0 amide bonds. The highest BCUT2D eigenvalue weighted by molar-refractivity contribution is 9.10. The van der Waals surface area contributed by atoms with Gasteiger partial charge < -0.3 is 9.52 Å². The zero-order valence-electron chi connectivity index (χ0n) is 16.5. The summed E-state index contributed by atoms with van der Waals surface area (Å²) in [4.78, 5) is 13.0. The van der Waals surface area contributed by atoms with Gasteiger partial charge in [-0.25, -0.2) is 4.79 Å². The van der Waals surface area contributed by atoms with Crippen molar-refractivity contribution in [3.8, 4) is 5.75 Å². The van der Waals surface area contributed by atoms with Crippen molar-refractivity contribution in [3.05, 3.63) is 98.0 Å². The van der Waals surface area contributed by atoms with Crippen molar-refractivity contribution in [3.63, 3.8) is 0 Å². The van der Waals surface area contributed by atoms with Crippen LogP contribution in [0, 0.1) is 5.92 Å². The first-order valence-electron chi connectivity index (χ1n) is 10.2. The van der Waals surface area contributed by atoms with Crippen molar-refractivity contribution in [2.75, 3.05) is 0 Å². The van der Waals surface area contributed by atoms with Crippen LogP contribution in [-0.4, -0.2) is 5.11 Å². The SMILES string of the molecule is CCC(Cc1ccc(Br)cc1)c1cc(O)c(C(c2ccccc2)C2CC2)c(=O)o1. The van der Waals surface area contributed by atoms with Gasteiger partial charge in [-0.15, -0.1) is 0 Å². The molecule has 1 N–H and O–H groups in total. The van der Waals surface area contributed by atoms with Crippen LogP contribution in [0.15, 0.2) is 74.3 Å². The van der Waals surface area contributed by atoms with Crippen LogP contribution in [0.1, 0.15) is 60.5 Å². The van der Waals surface area contributed by atoms with Gasteiger partial charge in [0, 0.05) is 22.4 Å². The summed E-state index contributed by atoms with van der Waals surface area (Å²) in [5, 5.41) is 10.9. The maximum absolute atomic E-state index is 13.0. The average Bonchev–Trinajstić information content (AvgIpc) is 3.55. The molecule has 3 nitrogen and oxygen atoms in total. The maximum Gasteiger partial charge on any atom is 0.343 e. The van der Waals surface area contributed by atoms with E-state index in [0.717, 1.165) is 35.7 Å². The van der Waals surface area contributed by atoms with Gasteiger partial charge in [-0.1, -0.05) is 65.3 Å². The summed E-state index contributed by atoms with van der Waals surface area (Å²) < 4.78 is 6.83. The second-order valence-corrected chi connectivity index (χ2v) is 8.81. The highest BCUT2D eigenvalue weighted by Gasteiger charge is 2.37. The first-order chi connectivity index (χ1) is 14.1. The number of aromatic hydroxyl groups is 1. The molecule has 0 aliphatic heterocycles. The van der Waals surface area contributed by atoms with Gasteiger partial charge in [-0.3, -0.25) is 0 Å². The summed E-state index contributed by atoms with van der Waals surface area (Å²) in [6.07, 6.45) is 3.72. The number of rotatable bonds is 7. The molecule has 2 aromatic carbocycles. The third-order valence-electron chi connectivity index (χ3n) is 5.84. The average molecular weight is 453 g/mol. The Labute approximate surface area is 179 Å². The summed E-state index contributed by atoms with van der Waals surface area (Å²) in [5.41, 5.74) is 2.23. The Morgan fingerprint density at radius 1 is 1.10 bits per heavy atom. The highest BCUT2D eigenvalue weighted by Crippen LogP contribution is 2.47. The molecule has 0 spiro atoms. The fourth-order valence-corrected chi connectivity index (χ4v) is 4.38. The van der Waals surface area contributed by atoms with E-state index in [0.29, 0.717) is 17.2 Å². The number of halogens is 1. The monoisotopic (exact) mass is 452 g/mol. The Morgan fingerprint density at radius 3 is 2.38 bits per heavy atom. The zero-order valence-corrected chi connectivity index (χ0v) is 18.1. The Hall–Kier alpha value is -2.33. The fourth-order valence-electron chi connectivity index (χ4n) is 4.11.